The van der Waals surface area contributed by atoms with E-state index < -0.39 is 23.6 Å². The summed E-state index contributed by atoms with van der Waals surface area (Å²) in [5.41, 5.74) is 0.0697. The molecule has 0 amide bonds. The average molecular weight is 630 g/mol. The van der Waals surface area contributed by atoms with Gasteiger partial charge in [0.25, 0.3) is 0 Å². The highest BCUT2D eigenvalue weighted by Gasteiger charge is 2.54. The zero-order valence-corrected chi connectivity index (χ0v) is 29.6. The molecular weight excluding hydrogens is 560 g/mol. The molecule has 1 atom stereocenters. The molecule has 0 aromatic heterocycles. The van der Waals surface area contributed by atoms with Gasteiger partial charge in [0.2, 0.25) is 0 Å². The molecule has 3 saturated carbocycles. The van der Waals surface area contributed by atoms with Crippen molar-refractivity contribution in [3.8, 4) is 0 Å². The molecule has 0 aliphatic heterocycles. The summed E-state index contributed by atoms with van der Waals surface area (Å²) in [6.45, 7) is 5.77. The first-order chi connectivity index (χ1) is 21.9. The molecule has 0 N–H and O–H groups in total. The van der Waals surface area contributed by atoms with Gasteiger partial charge in [-0.3, -0.25) is 0 Å². The highest BCUT2D eigenvalue weighted by molar-refractivity contribution is 5.99. The van der Waals surface area contributed by atoms with Crippen molar-refractivity contribution in [1.29, 1.82) is 0 Å². The summed E-state index contributed by atoms with van der Waals surface area (Å²) < 4.78 is 11.8. The molecule has 0 radical (unpaired) electrons. The SMILES string of the molecule is CCOC(C)OC(=O)/C(=C(\C)C(=O)[O-])C(C1CCCCCCCCC1)(C1CCCCCCCCC1)C1CCCCCCCCC1. The van der Waals surface area contributed by atoms with Crippen LogP contribution in [0, 0.1) is 23.2 Å². The summed E-state index contributed by atoms with van der Waals surface area (Å²) in [6, 6.07) is 0. The van der Waals surface area contributed by atoms with Crippen LogP contribution in [-0.4, -0.2) is 24.8 Å². The van der Waals surface area contributed by atoms with E-state index in [-0.39, 0.29) is 23.3 Å². The number of esters is 1. The van der Waals surface area contributed by atoms with E-state index in [4.69, 9.17) is 9.47 Å². The minimum absolute atomic E-state index is 0.120. The molecule has 260 valence electrons. The summed E-state index contributed by atoms with van der Waals surface area (Å²) >= 11 is 0. The smallest absolute Gasteiger partial charge is 0.337 e. The van der Waals surface area contributed by atoms with Gasteiger partial charge in [-0.15, -0.1) is 0 Å². The minimum atomic E-state index is -1.21. The number of hydrogen-bond donors (Lipinski definition) is 0. The van der Waals surface area contributed by atoms with Crippen molar-refractivity contribution in [3.63, 3.8) is 0 Å². The Balaban J connectivity index is 2.31. The normalized spacial score (nSPS) is 23.7. The van der Waals surface area contributed by atoms with Crippen LogP contribution >= 0.6 is 0 Å². The van der Waals surface area contributed by atoms with Crippen LogP contribution < -0.4 is 5.11 Å². The molecule has 0 bridgehead atoms. The lowest BCUT2D eigenvalue weighted by molar-refractivity contribution is -0.299. The summed E-state index contributed by atoms with van der Waals surface area (Å²) in [5, 5.41) is 13.0. The van der Waals surface area contributed by atoms with Crippen LogP contribution in [0.15, 0.2) is 11.1 Å². The topological polar surface area (TPSA) is 75.7 Å². The predicted octanol–water partition coefficient (Wildman–Crippen LogP) is 10.4. The Bertz CT molecular complexity index is 783. The lowest BCUT2D eigenvalue weighted by Gasteiger charge is -2.54. The second-order valence-electron chi connectivity index (χ2n) is 14.9. The molecule has 0 saturated heterocycles. The van der Waals surface area contributed by atoms with Crippen molar-refractivity contribution in [3.05, 3.63) is 11.1 Å². The summed E-state index contributed by atoms with van der Waals surface area (Å²) in [5.74, 6) is -0.846. The van der Waals surface area contributed by atoms with Gasteiger partial charge in [0.1, 0.15) is 0 Å². The van der Waals surface area contributed by atoms with E-state index in [1.165, 1.54) is 96.3 Å². The van der Waals surface area contributed by atoms with Crippen molar-refractivity contribution in [2.75, 3.05) is 6.61 Å². The molecule has 0 aromatic carbocycles. The first kappa shape index (κ1) is 38.1. The van der Waals surface area contributed by atoms with Gasteiger partial charge >= 0.3 is 5.97 Å². The highest BCUT2D eigenvalue weighted by Crippen LogP contribution is 2.59. The van der Waals surface area contributed by atoms with E-state index >= 15 is 0 Å². The Morgan fingerprint density at radius 2 is 0.889 bits per heavy atom. The Hall–Kier alpha value is -1.36. The Kier molecular flexibility index (Phi) is 18.2. The van der Waals surface area contributed by atoms with Gasteiger partial charge in [-0.2, -0.15) is 0 Å². The summed E-state index contributed by atoms with van der Waals surface area (Å²) in [7, 11) is 0. The second-order valence-corrected chi connectivity index (χ2v) is 14.9. The van der Waals surface area contributed by atoms with E-state index in [2.05, 4.69) is 0 Å². The molecule has 5 nitrogen and oxygen atoms in total. The van der Waals surface area contributed by atoms with Crippen LogP contribution in [0.5, 0.6) is 0 Å². The molecule has 5 heteroatoms. The van der Waals surface area contributed by atoms with Crippen LogP contribution in [0.3, 0.4) is 0 Å². The lowest BCUT2D eigenvalue weighted by atomic mass is 9.49. The average Bonchev–Trinajstić information content (AvgIpc) is 3.03. The number of carbonyl (C=O) groups excluding carboxylic acids is 2. The van der Waals surface area contributed by atoms with E-state index in [9.17, 15) is 14.7 Å². The van der Waals surface area contributed by atoms with E-state index in [0.717, 1.165) is 77.0 Å². The lowest BCUT2D eigenvalue weighted by Crippen LogP contribution is -2.50. The summed E-state index contributed by atoms with van der Waals surface area (Å²) in [6.07, 6.45) is 31.7. The third-order valence-corrected chi connectivity index (χ3v) is 11.8. The van der Waals surface area contributed by atoms with Gasteiger partial charge in [0, 0.05) is 17.6 Å². The second kappa shape index (κ2) is 21.5. The first-order valence-electron chi connectivity index (χ1n) is 19.7. The van der Waals surface area contributed by atoms with Gasteiger partial charge in [-0.05, 0) is 82.6 Å². The molecule has 0 heterocycles. The molecule has 3 aliphatic carbocycles. The van der Waals surface area contributed by atoms with E-state index in [0.29, 0.717) is 12.2 Å². The molecule has 3 rings (SSSR count). The van der Waals surface area contributed by atoms with Crippen LogP contribution in [0.1, 0.15) is 194 Å². The fraction of sp³-hybridized carbons (Fsp3) is 0.900. The molecule has 0 aromatic rings. The maximum atomic E-state index is 14.7. The van der Waals surface area contributed by atoms with E-state index in [1.807, 2.05) is 6.92 Å². The van der Waals surface area contributed by atoms with E-state index in [1.54, 1.807) is 13.8 Å². The molecular formula is C40H69O5-. The van der Waals surface area contributed by atoms with Gasteiger partial charge < -0.3 is 19.4 Å². The Morgan fingerprint density at radius 1 is 0.600 bits per heavy atom. The Morgan fingerprint density at radius 3 is 1.16 bits per heavy atom. The van der Waals surface area contributed by atoms with Crippen LogP contribution in [0.25, 0.3) is 0 Å². The number of carboxylic acids is 1. The molecule has 1 unspecified atom stereocenters. The van der Waals surface area contributed by atoms with Crippen molar-refractivity contribution >= 4 is 11.9 Å². The standard InChI is InChI=1S/C40H70O5/c1-4-44-33(3)45-39(43)37(32(2)38(41)42)40(34-26-20-14-8-5-9-15-21-27-34,35-28-22-16-10-6-11-17-23-29-35)36-30-24-18-12-7-13-19-25-31-36/h33-36H,4-31H2,1-3H3,(H,41,42)/p-1/b37-32-. The van der Waals surface area contributed by atoms with Crippen molar-refractivity contribution < 1.29 is 24.2 Å². The van der Waals surface area contributed by atoms with Crippen LogP contribution in [0.2, 0.25) is 0 Å². The fourth-order valence-electron chi connectivity index (χ4n) is 9.71. The third kappa shape index (κ3) is 11.7. The van der Waals surface area contributed by atoms with Gasteiger partial charge in [-0.25, -0.2) is 4.79 Å². The van der Waals surface area contributed by atoms with Crippen LogP contribution in [-0.2, 0) is 19.1 Å². The fourth-order valence-corrected chi connectivity index (χ4v) is 9.71. The van der Waals surface area contributed by atoms with Crippen molar-refractivity contribution in [1.82, 2.24) is 0 Å². The number of carbonyl (C=O) groups is 2. The van der Waals surface area contributed by atoms with Gasteiger partial charge in [-0.1, -0.05) is 135 Å². The van der Waals surface area contributed by atoms with Crippen molar-refractivity contribution in [2.24, 2.45) is 23.2 Å². The highest BCUT2D eigenvalue weighted by atomic mass is 16.7. The van der Waals surface area contributed by atoms with Crippen LogP contribution in [0.4, 0.5) is 0 Å². The van der Waals surface area contributed by atoms with Crippen molar-refractivity contribution in [2.45, 2.75) is 200 Å². The maximum absolute atomic E-state index is 14.7. The molecule has 3 aliphatic rings. The number of ether oxygens (including phenoxy) is 2. The minimum Gasteiger partial charge on any atom is -0.545 e. The zero-order valence-electron chi connectivity index (χ0n) is 29.6. The number of hydrogen-bond acceptors (Lipinski definition) is 5. The molecule has 0 spiro atoms. The predicted molar refractivity (Wildman–Crippen MR) is 182 cm³/mol. The quantitative estimate of drug-likeness (QED) is 0.144. The number of rotatable bonds is 9. The molecule has 3 fully saturated rings. The largest absolute Gasteiger partial charge is 0.545 e. The number of aliphatic carboxylic acids is 1. The maximum Gasteiger partial charge on any atom is 0.337 e. The Labute approximate surface area is 277 Å². The zero-order chi connectivity index (χ0) is 32.3. The monoisotopic (exact) mass is 630 g/mol. The number of carboxylic acid groups (broad SMARTS) is 1. The first-order valence-corrected chi connectivity index (χ1v) is 19.7. The summed E-state index contributed by atoms with van der Waals surface area (Å²) in [4.78, 5) is 27.7. The molecule has 45 heavy (non-hydrogen) atoms. The van der Waals surface area contributed by atoms with Gasteiger partial charge in [0.15, 0.2) is 6.29 Å². The third-order valence-electron chi connectivity index (χ3n) is 11.8. The van der Waals surface area contributed by atoms with Gasteiger partial charge in [0.05, 0.1) is 5.97 Å².